The summed E-state index contributed by atoms with van der Waals surface area (Å²) in [6, 6.07) is -0.833. The molecule has 0 aliphatic rings. The molecule has 0 saturated heterocycles. The topological polar surface area (TPSA) is 89.3 Å². The minimum absolute atomic E-state index is 0.220. The zero-order valence-electron chi connectivity index (χ0n) is 6.08. The highest BCUT2D eigenvalue weighted by atomic mass is 16.3. The number of urea groups is 1. The summed E-state index contributed by atoms with van der Waals surface area (Å²) in [5, 5.41) is 8.48. The number of aliphatic hydroxyl groups excluding tert-OH is 1. The van der Waals surface area contributed by atoms with Crippen molar-refractivity contribution in [2.75, 3.05) is 0 Å². The molecule has 4 heteroatoms. The summed E-state index contributed by atoms with van der Waals surface area (Å²) >= 11 is 0. The van der Waals surface area contributed by atoms with Crippen molar-refractivity contribution in [1.82, 2.24) is 0 Å². The molecule has 0 aromatic carbocycles. The van der Waals surface area contributed by atoms with E-state index in [0.717, 1.165) is 0 Å². The van der Waals surface area contributed by atoms with Gasteiger partial charge in [-0.1, -0.05) is 6.08 Å². The van der Waals surface area contributed by atoms with E-state index < -0.39 is 6.03 Å². The number of carbonyl (C=O) groups excluding carboxylic acids is 1. The maximum absolute atomic E-state index is 9.00. The van der Waals surface area contributed by atoms with Gasteiger partial charge in [0.15, 0.2) is 0 Å². The molecule has 0 aliphatic carbocycles. The second-order valence-corrected chi connectivity index (χ2v) is 1.78. The van der Waals surface area contributed by atoms with Gasteiger partial charge in [-0.15, -0.1) is 6.58 Å². The Kier molecular flexibility index (Phi) is 9.35. The van der Waals surface area contributed by atoms with Crippen LogP contribution in [0.5, 0.6) is 0 Å². The van der Waals surface area contributed by atoms with Gasteiger partial charge in [0.1, 0.15) is 0 Å². The van der Waals surface area contributed by atoms with Crippen LogP contribution >= 0.6 is 0 Å². The first-order valence-corrected chi connectivity index (χ1v) is 2.84. The maximum atomic E-state index is 9.00. The van der Waals surface area contributed by atoms with E-state index in [9.17, 15) is 0 Å². The van der Waals surface area contributed by atoms with Crippen LogP contribution in [0.15, 0.2) is 12.7 Å². The zero-order valence-corrected chi connectivity index (χ0v) is 6.08. The van der Waals surface area contributed by atoms with Gasteiger partial charge in [-0.05, 0) is 13.3 Å². The lowest BCUT2D eigenvalue weighted by Crippen LogP contribution is -2.18. The largest absolute Gasteiger partial charge is 0.393 e. The van der Waals surface area contributed by atoms with Gasteiger partial charge in [0.2, 0.25) is 0 Å². The number of amides is 2. The molecular weight excluding hydrogens is 132 g/mol. The SMILES string of the molecule is C=CCC(C)O.NC(N)=O. The average molecular weight is 146 g/mol. The van der Waals surface area contributed by atoms with E-state index in [1.165, 1.54) is 0 Å². The molecule has 4 nitrogen and oxygen atoms in total. The van der Waals surface area contributed by atoms with Gasteiger partial charge in [-0.3, -0.25) is 0 Å². The number of hydrogen-bond acceptors (Lipinski definition) is 2. The van der Waals surface area contributed by atoms with Crippen molar-refractivity contribution in [1.29, 1.82) is 0 Å². The van der Waals surface area contributed by atoms with Gasteiger partial charge in [-0.2, -0.15) is 0 Å². The van der Waals surface area contributed by atoms with Crippen molar-refractivity contribution in [3.63, 3.8) is 0 Å². The van der Waals surface area contributed by atoms with Crippen molar-refractivity contribution in [3.8, 4) is 0 Å². The fraction of sp³-hybridized carbons (Fsp3) is 0.500. The van der Waals surface area contributed by atoms with Crippen LogP contribution in [0.25, 0.3) is 0 Å². The molecular formula is C6H14N2O2. The minimum atomic E-state index is -0.833. The molecule has 0 aromatic heterocycles. The van der Waals surface area contributed by atoms with E-state index in [2.05, 4.69) is 18.0 Å². The van der Waals surface area contributed by atoms with Crippen molar-refractivity contribution in [3.05, 3.63) is 12.7 Å². The molecule has 1 unspecified atom stereocenters. The molecule has 0 saturated carbocycles. The smallest absolute Gasteiger partial charge is 0.309 e. The molecule has 1 atom stereocenters. The first-order valence-electron chi connectivity index (χ1n) is 2.84. The first kappa shape index (κ1) is 11.7. The predicted molar refractivity (Wildman–Crippen MR) is 40.3 cm³/mol. The van der Waals surface area contributed by atoms with Gasteiger partial charge in [0.25, 0.3) is 0 Å². The number of aliphatic hydroxyl groups is 1. The second-order valence-electron chi connectivity index (χ2n) is 1.78. The van der Waals surface area contributed by atoms with Crippen LogP contribution in [0.2, 0.25) is 0 Å². The van der Waals surface area contributed by atoms with Crippen LogP contribution in [0.1, 0.15) is 13.3 Å². The molecule has 2 amide bonds. The molecule has 0 rings (SSSR count). The fourth-order valence-electron chi connectivity index (χ4n) is 0.241. The third-order valence-electron chi connectivity index (χ3n) is 0.508. The lowest BCUT2D eigenvalue weighted by molar-refractivity contribution is 0.198. The highest BCUT2D eigenvalue weighted by Gasteiger charge is 1.84. The minimum Gasteiger partial charge on any atom is -0.393 e. The number of carbonyl (C=O) groups is 1. The third-order valence-corrected chi connectivity index (χ3v) is 0.508. The molecule has 0 radical (unpaired) electrons. The predicted octanol–water partition coefficient (Wildman–Crippen LogP) is -0.0329. The Labute approximate surface area is 60.5 Å². The first-order chi connectivity index (χ1) is 4.50. The normalized spacial score (nSPS) is 10.6. The summed E-state index contributed by atoms with van der Waals surface area (Å²) in [7, 11) is 0. The van der Waals surface area contributed by atoms with Crippen molar-refractivity contribution in [2.45, 2.75) is 19.4 Å². The van der Waals surface area contributed by atoms with E-state index >= 15 is 0 Å². The Morgan fingerprint density at radius 1 is 1.80 bits per heavy atom. The quantitative estimate of drug-likeness (QED) is 0.477. The monoisotopic (exact) mass is 146 g/mol. The van der Waals surface area contributed by atoms with Gasteiger partial charge in [0.05, 0.1) is 6.10 Å². The van der Waals surface area contributed by atoms with Gasteiger partial charge in [-0.25, -0.2) is 4.79 Å². The van der Waals surface area contributed by atoms with Crippen molar-refractivity contribution < 1.29 is 9.90 Å². The second kappa shape index (κ2) is 7.97. The summed E-state index contributed by atoms with van der Waals surface area (Å²) in [6.07, 6.45) is 2.17. The molecule has 0 heterocycles. The highest BCUT2D eigenvalue weighted by Crippen LogP contribution is 1.85. The summed E-state index contributed by atoms with van der Waals surface area (Å²) in [5.41, 5.74) is 8.50. The molecule has 60 valence electrons. The Bertz CT molecular complexity index is 97.9. The molecule has 0 aromatic rings. The summed E-state index contributed by atoms with van der Waals surface area (Å²) in [4.78, 5) is 9.00. The zero-order chi connectivity index (χ0) is 8.57. The van der Waals surface area contributed by atoms with Gasteiger partial charge in [0, 0.05) is 0 Å². The van der Waals surface area contributed by atoms with E-state index in [4.69, 9.17) is 9.90 Å². The Morgan fingerprint density at radius 2 is 2.10 bits per heavy atom. The molecule has 0 fully saturated rings. The van der Waals surface area contributed by atoms with Crippen LogP contribution in [0, 0.1) is 0 Å². The molecule has 0 bridgehead atoms. The highest BCUT2D eigenvalue weighted by molar-refractivity contribution is 5.69. The summed E-state index contributed by atoms with van der Waals surface area (Å²) in [6.45, 7) is 5.18. The molecule has 5 N–H and O–H groups in total. The number of hydrogen-bond donors (Lipinski definition) is 3. The molecule has 0 aliphatic heterocycles. The summed E-state index contributed by atoms with van der Waals surface area (Å²) in [5.74, 6) is 0. The van der Waals surface area contributed by atoms with Crippen LogP contribution in [0.4, 0.5) is 4.79 Å². The Hall–Kier alpha value is -1.03. The van der Waals surface area contributed by atoms with Crippen LogP contribution in [-0.4, -0.2) is 17.2 Å². The molecule has 10 heavy (non-hydrogen) atoms. The van der Waals surface area contributed by atoms with Crippen LogP contribution in [-0.2, 0) is 0 Å². The van der Waals surface area contributed by atoms with E-state index in [1.807, 2.05) is 0 Å². The summed E-state index contributed by atoms with van der Waals surface area (Å²) < 4.78 is 0. The lowest BCUT2D eigenvalue weighted by Gasteiger charge is -1.92. The number of nitrogens with two attached hydrogens (primary N) is 2. The van der Waals surface area contributed by atoms with Crippen LogP contribution < -0.4 is 11.5 Å². The van der Waals surface area contributed by atoms with E-state index in [0.29, 0.717) is 6.42 Å². The molecule has 0 spiro atoms. The maximum Gasteiger partial charge on any atom is 0.309 e. The Balaban J connectivity index is 0. The lowest BCUT2D eigenvalue weighted by atomic mass is 10.3. The van der Waals surface area contributed by atoms with Crippen molar-refractivity contribution >= 4 is 6.03 Å². The van der Waals surface area contributed by atoms with Gasteiger partial charge >= 0.3 is 6.03 Å². The average Bonchev–Trinajstić information content (AvgIpc) is 1.62. The van der Waals surface area contributed by atoms with E-state index in [-0.39, 0.29) is 6.10 Å². The number of rotatable bonds is 2. The fourth-order valence-corrected chi connectivity index (χ4v) is 0.241. The standard InChI is InChI=1S/C5H10O.CH4N2O/c1-3-4-5(2)6;2-1(3)4/h3,5-6H,1,4H2,2H3;(H4,2,3,4). The van der Waals surface area contributed by atoms with Crippen LogP contribution in [0.3, 0.4) is 0 Å². The number of primary amides is 2. The third kappa shape index (κ3) is 64.0. The van der Waals surface area contributed by atoms with Gasteiger partial charge < -0.3 is 16.6 Å². The van der Waals surface area contributed by atoms with E-state index in [1.54, 1.807) is 13.0 Å². The van der Waals surface area contributed by atoms with Crippen molar-refractivity contribution in [2.24, 2.45) is 11.5 Å². The Morgan fingerprint density at radius 3 is 2.10 bits per heavy atom.